The highest BCUT2D eigenvalue weighted by atomic mass is 19.1. The lowest BCUT2D eigenvalue weighted by molar-refractivity contribution is -0.120. The zero-order chi connectivity index (χ0) is 21.8. The second-order valence-corrected chi connectivity index (χ2v) is 8.43. The molecule has 4 atom stereocenters. The first-order chi connectivity index (χ1) is 13.4. The van der Waals surface area contributed by atoms with Crippen LogP contribution in [0.2, 0.25) is 0 Å². The fourth-order valence-corrected chi connectivity index (χ4v) is 3.35. The molecule has 4 N–H and O–H groups in total. The van der Waals surface area contributed by atoms with Gasteiger partial charge in [0.15, 0.2) is 0 Å². The molecular weight excluding hydrogens is 384 g/mol. The molecule has 1 aromatic rings. The number of amides is 2. The van der Waals surface area contributed by atoms with Crippen LogP contribution in [0.25, 0.3) is 0 Å². The molecule has 9 heteroatoms. The van der Waals surface area contributed by atoms with E-state index in [1.807, 2.05) is 20.8 Å². The van der Waals surface area contributed by atoms with Gasteiger partial charge in [-0.1, -0.05) is 0 Å². The molecule has 1 heterocycles. The minimum Gasteiger partial charge on any atom is -0.445 e. The fourth-order valence-electron chi connectivity index (χ4n) is 3.35. The van der Waals surface area contributed by atoms with Gasteiger partial charge >= 0.3 is 6.09 Å². The van der Waals surface area contributed by atoms with E-state index in [0.717, 1.165) is 18.2 Å². The van der Waals surface area contributed by atoms with Crippen molar-refractivity contribution in [3.63, 3.8) is 0 Å². The molecule has 7 nitrogen and oxygen atoms in total. The monoisotopic (exact) mass is 413 g/mol. The number of hydrogen-bond acceptors (Lipinski definition) is 5. The zero-order valence-electron chi connectivity index (χ0n) is 17.1. The topological polar surface area (TPSA) is 99.7 Å². The van der Waals surface area contributed by atoms with Gasteiger partial charge in [0.2, 0.25) is 5.91 Å². The van der Waals surface area contributed by atoms with Gasteiger partial charge in [-0.25, -0.2) is 13.6 Å². The van der Waals surface area contributed by atoms with Crippen molar-refractivity contribution in [2.24, 2.45) is 0 Å². The van der Waals surface area contributed by atoms with Gasteiger partial charge in [0.1, 0.15) is 17.7 Å². The summed E-state index contributed by atoms with van der Waals surface area (Å²) in [5, 5.41) is 19.2. The van der Waals surface area contributed by atoms with E-state index in [9.17, 15) is 23.5 Å². The lowest BCUT2D eigenvalue weighted by Gasteiger charge is -2.28. The predicted molar refractivity (Wildman–Crippen MR) is 103 cm³/mol. The van der Waals surface area contributed by atoms with E-state index in [1.165, 1.54) is 6.92 Å². The number of aliphatic hydroxyl groups is 1. The highest BCUT2D eigenvalue weighted by Gasteiger charge is 2.36. The number of aliphatic hydroxyl groups excluding tert-OH is 1. The predicted octanol–water partition coefficient (Wildman–Crippen LogP) is 1.63. The van der Waals surface area contributed by atoms with Crippen LogP contribution in [-0.2, 0) is 16.0 Å². The number of ether oxygens (including phenoxy) is 1. The summed E-state index contributed by atoms with van der Waals surface area (Å²) in [5.74, 6) is -1.83. The molecule has 1 saturated heterocycles. The highest BCUT2D eigenvalue weighted by Crippen LogP contribution is 2.19. The molecule has 0 aromatic heterocycles. The molecule has 2 amide bonds. The summed E-state index contributed by atoms with van der Waals surface area (Å²) in [5.41, 5.74) is -0.116. The van der Waals surface area contributed by atoms with E-state index in [1.54, 1.807) is 0 Å². The maximum Gasteiger partial charge on any atom is 0.407 e. The van der Waals surface area contributed by atoms with Crippen LogP contribution in [0.1, 0.15) is 39.7 Å². The lowest BCUT2D eigenvalue weighted by atomic mass is 9.95. The first-order valence-electron chi connectivity index (χ1n) is 9.55. The van der Waals surface area contributed by atoms with Crippen molar-refractivity contribution in [2.45, 2.75) is 70.4 Å². The minimum atomic E-state index is -1.05. The van der Waals surface area contributed by atoms with Crippen LogP contribution in [0, 0.1) is 11.6 Å². The smallest absolute Gasteiger partial charge is 0.407 e. The molecular formula is C20H29F2N3O4. The van der Waals surface area contributed by atoms with Crippen LogP contribution in [-0.4, -0.2) is 53.5 Å². The molecule has 29 heavy (non-hydrogen) atoms. The average molecular weight is 413 g/mol. The van der Waals surface area contributed by atoms with Crippen molar-refractivity contribution in [1.82, 2.24) is 16.0 Å². The number of carbonyl (C=O) groups excluding carboxylic acids is 2. The number of carbonyl (C=O) groups is 2. The Hall–Kier alpha value is -2.26. The van der Waals surface area contributed by atoms with Crippen LogP contribution < -0.4 is 16.0 Å². The Bertz CT molecular complexity index is 719. The van der Waals surface area contributed by atoms with Gasteiger partial charge in [0, 0.05) is 37.5 Å². The highest BCUT2D eigenvalue weighted by molar-refractivity contribution is 5.73. The van der Waals surface area contributed by atoms with E-state index in [-0.39, 0.29) is 12.3 Å². The molecule has 1 fully saturated rings. The summed E-state index contributed by atoms with van der Waals surface area (Å²) in [6.45, 7) is 7.15. The molecule has 0 saturated carbocycles. The molecule has 162 valence electrons. The SMILES string of the molecule is CC(=O)N[C@@H](Cc1cc(F)cc(F)c1)[C@H](O)[C@H]1C[C@@H](OC(=O)NC(C)(C)C)CN1. The Kier molecular flexibility index (Phi) is 7.54. The Labute approximate surface area is 169 Å². The maximum absolute atomic E-state index is 13.5. The fraction of sp³-hybridized carbons (Fsp3) is 0.600. The molecule has 0 spiro atoms. The first-order valence-corrected chi connectivity index (χ1v) is 9.55. The molecule has 0 aliphatic carbocycles. The largest absolute Gasteiger partial charge is 0.445 e. The van der Waals surface area contributed by atoms with E-state index in [2.05, 4.69) is 16.0 Å². The average Bonchev–Trinajstić information content (AvgIpc) is 2.98. The lowest BCUT2D eigenvalue weighted by Crippen LogP contribution is -2.51. The Morgan fingerprint density at radius 1 is 1.28 bits per heavy atom. The van der Waals surface area contributed by atoms with Crippen LogP contribution in [0.3, 0.4) is 0 Å². The molecule has 0 unspecified atom stereocenters. The summed E-state index contributed by atoms with van der Waals surface area (Å²) >= 11 is 0. The number of nitrogens with one attached hydrogen (secondary N) is 3. The second kappa shape index (κ2) is 9.49. The van der Waals surface area contributed by atoms with Gasteiger partial charge < -0.3 is 25.8 Å². The summed E-state index contributed by atoms with van der Waals surface area (Å²) < 4.78 is 32.3. The van der Waals surface area contributed by atoms with Gasteiger partial charge in [-0.3, -0.25) is 4.79 Å². The molecule has 0 radical (unpaired) electrons. The van der Waals surface area contributed by atoms with Crippen molar-refractivity contribution < 1.29 is 28.2 Å². The van der Waals surface area contributed by atoms with E-state index in [0.29, 0.717) is 18.5 Å². The Balaban J connectivity index is 2.01. The van der Waals surface area contributed by atoms with Gasteiger partial charge in [-0.15, -0.1) is 0 Å². The zero-order valence-corrected chi connectivity index (χ0v) is 17.1. The van der Waals surface area contributed by atoms with Crippen LogP contribution >= 0.6 is 0 Å². The maximum atomic E-state index is 13.5. The molecule has 1 aromatic carbocycles. The van der Waals surface area contributed by atoms with Crippen LogP contribution in [0.5, 0.6) is 0 Å². The van der Waals surface area contributed by atoms with Crippen molar-refractivity contribution in [2.75, 3.05) is 6.54 Å². The Morgan fingerprint density at radius 2 is 1.90 bits per heavy atom. The molecule has 1 aliphatic rings. The summed E-state index contributed by atoms with van der Waals surface area (Å²) in [4.78, 5) is 23.5. The quantitative estimate of drug-likeness (QED) is 0.568. The standard InChI is InChI=1S/C20H29F2N3O4/c1-11(26)24-17(7-12-5-13(21)8-14(22)6-12)18(27)16-9-15(10-23-16)29-19(28)25-20(2,3)4/h5-6,8,15-18,23,27H,7,9-10H2,1-4H3,(H,24,26)(H,25,28)/t15-,16-,17+,18-/m1/s1. The number of hydrogen-bond donors (Lipinski definition) is 4. The van der Waals surface area contributed by atoms with E-state index < -0.39 is 47.6 Å². The number of rotatable bonds is 6. The van der Waals surface area contributed by atoms with Crippen LogP contribution in [0.4, 0.5) is 13.6 Å². The number of halogens is 2. The third-order valence-electron chi connectivity index (χ3n) is 4.47. The van der Waals surface area contributed by atoms with E-state index >= 15 is 0 Å². The molecule has 2 rings (SSSR count). The third kappa shape index (κ3) is 7.58. The van der Waals surface area contributed by atoms with Gasteiger partial charge in [0.25, 0.3) is 0 Å². The van der Waals surface area contributed by atoms with Crippen molar-refractivity contribution in [3.05, 3.63) is 35.4 Å². The van der Waals surface area contributed by atoms with Crippen molar-refractivity contribution >= 4 is 12.0 Å². The van der Waals surface area contributed by atoms with Gasteiger partial charge in [-0.05, 0) is 44.9 Å². The van der Waals surface area contributed by atoms with Gasteiger partial charge in [0.05, 0.1) is 12.1 Å². The number of benzene rings is 1. The summed E-state index contributed by atoms with van der Waals surface area (Å²) in [7, 11) is 0. The molecule has 1 aliphatic heterocycles. The van der Waals surface area contributed by atoms with Crippen LogP contribution in [0.15, 0.2) is 18.2 Å². The van der Waals surface area contributed by atoms with E-state index in [4.69, 9.17) is 4.74 Å². The Morgan fingerprint density at radius 3 is 2.45 bits per heavy atom. The van der Waals surface area contributed by atoms with Gasteiger partial charge in [-0.2, -0.15) is 0 Å². The number of alkyl carbamates (subject to hydrolysis) is 1. The summed E-state index contributed by atoms with van der Waals surface area (Å²) in [6, 6.07) is 1.85. The minimum absolute atomic E-state index is 0.0453. The second-order valence-electron chi connectivity index (χ2n) is 8.43. The molecule has 0 bridgehead atoms. The normalized spacial score (nSPS) is 21.3. The van der Waals surface area contributed by atoms with Crippen molar-refractivity contribution in [3.8, 4) is 0 Å². The first kappa shape index (κ1) is 23.0. The van der Waals surface area contributed by atoms with Crippen molar-refractivity contribution in [1.29, 1.82) is 0 Å². The third-order valence-corrected chi connectivity index (χ3v) is 4.47. The summed E-state index contributed by atoms with van der Waals surface area (Å²) in [6.07, 6.45) is -1.66.